The number of amides is 2. The van der Waals surface area contributed by atoms with Crippen LogP contribution >= 0.6 is 11.6 Å². The number of piperazine rings is 1. The largest absolute Gasteiger partial charge is 0.356 e. The Balaban J connectivity index is 1.37. The summed E-state index contributed by atoms with van der Waals surface area (Å²) in [6.45, 7) is 2.00. The summed E-state index contributed by atoms with van der Waals surface area (Å²) in [6.07, 6.45) is 0.194. The van der Waals surface area contributed by atoms with Gasteiger partial charge < -0.3 is 14.3 Å². The number of carbonyl (C=O) groups is 2. The molecule has 0 radical (unpaired) electrons. The average Bonchev–Trinajstić information content (AvgIpc) is 3.10. The van der Waals surface area contributed by atoms with E-state index in [0.29, 0.717) is 48.0 Å². The first-order valence-corrected chi connectivity index (χ1v) is 9.15. The molecule has 0 spiro atoms. The van der Waals surface area contributed by atoms with Crippen molar-refractivity contribution < 1.29 is 14.1 Å². The van der Waals surface area contributed by atoms with Crippen LogP contribution in [0.3, 0.4) is 0 Å². The molecule has 7 heteroatoms. The summed E-state index contributed by atoms with van der Waals surface area (Å²) in [5.74, 6) is -0.0731. The molecular formula is C20H18ClN3O3. The van der Waals surface area contributed by atoms with Crippen molar-refractivity contribution in [2.24, 2.45) is 0 Å². The van der Waals surface area contributed by atoms with Gasteiger partial charge in [-0.15, -0.1) is 0 Å². The fraction of sp³-hybridized carbons (Fsp3) is 0.250. The van der Waals surface area contributed by atoms with Gasteiger partial charge in [-0.1, -0.05) is 35.0 Å². The predicted molar refractivity (Wildman–Crippen MR) is 102 cm³/mol. The number of benzene rings is 2. The van der Waals surface area contributed by atoms with Gasteiger partial charge in [0.2, 0.25) is 5.91 Å². The van der Waals surface area contributed by atoms with E-state index in [0.717, 1.165) is 5.39 Å². The molecule has 2 amide bonds. The van der Waals surface area contributed by atoms with Gasteiger partial charge in [-0.05, 0) is 30.3 Å². The maximum absolute atomic E-state index is 12.6. The average molecular weight is 384 g/mol. The van der Waals surface area contributed by atoms with Crippen LogP contribution in [-0.2, 0) is 11.2 Å². The summed E-state index contributed by atoms with van der Waals surface area (Å²) in [7, 11) is 0. The van der Waals surface area contributed by atoms with Gasteiger partial charge in [0.1, 0.15) is 5.69 Å². The summed E-state index contributed by atoms with van der Waals surface area (Å²) in [4.78, 5) is 28.7. The molecule has 3 aromatic rings. The van der Waals surface area contributed by atoms with Crippen molar-refractivity contribution in [3.63, 3.8) is 0 Å². The van der Waals surface area contributed by atoms with Crippen LogP contribution in [-0.4, -0.2) is 52.9 Å². The molecule has 1 aliphatic heterocycles. The Bertz CT molecular complexity index is 993. The molecule has 1 aromatic heterocycles. The van der Waals surface area contributed by atoms with E-state index in [4.69, 9.17) is 16.1 Å². The molecule has 138 valence electrons. The first kappa shape index (κ1) is 17.5. The Labute approximate surface area is 161 Å². The number of hydrogen-bond acceptors (Lipinski definition) is 4. The first-order chi connectivity index (χ1) is 13.1. The molecule has 2 heterocycles. The van der Waals surface area contributed by atoms with Crippen molar-refractivity contribution in [3.8, 4) is 0 Å². The van der Waals surface area contributed by atoms with Gasteiger partial charge >= 0.3 is 0 Å². The molecule has 27 heavy (non-hydrogen) atoms. The Morgan fingerprint density at radius 1 is 1.00 bits per heavy atom. The molecule has 1 saturated heterocycles. The zero-order chi connectivity index (χ0) is 18.8. The standard InChI is InChI=1S/C20H18ClN3O3/c21-15-5-3-4-14(12-15)20(26)24-10-8-23(9-11-24)19(25)13-17-16-6-1-2-7-18(16)27-22-17/h1-7,12H,8-11,13H2. The van der Waals surface area contributed by atoms with Gasteiger partial charge in [0.15, 0.2) is 5.58 Å². The molecule has 4 rings (SSSR count). The molecule has 6 nitrogen and oxygen atoms in total. The molecular weight excluding hydrogens is 366 g/mol. The highest BCUT2D eigenvalue weighted by Gasteiger charge is 2.26. The highest BCUT2D eigenvalue weighted by molar-refractivity contribution is 6.30. The summed E-state index contributed by atoms with van der Waals surface area (Å²) in [6, 6.07) is 14.4. The number of para-hydroxylation sites is 1. The molecule has 2 aromatic carbocycles. The van der Waals surface area contributed by atoms with Crippen molar-refractivity contribution in [2.75, 3.05) is 26.2 Å². The third-order valence-corrected chi connectivity index (χ3v) is 5.00. The van der Waals surface area contributed by atoms with Gasteiger partial charge in [0.25, 0.3) is 5.91 Å². The molecule has 0 unspecified atom stereocenters. The van der Waals surface area contributed by atoms with Crippen molar-refractivity contribution >= 4 is 34.4 Å². The van der Waals surface area contributed by atoms with Crippen molar-refractivity contribution in [3.05, 3.63) is 64.8 Å². The van der Waals surface area contributed by atoms with Crippen molar-refractivity contribution in [2.45, 2.75) is 6.42 Å². The lowest BCUT2D eigenvalue weighted by atomic mass is 10.1. The molecule has 0 atom stereocenters. The maximum atomic E-state index is 12.6. The minimum absolute atomic E-state index is 0.0103. The van der Waals surface area contributed by atoms with Crippen LogP contribution in [0.2, 0.25) is 5.02 Å². The van der Waals surface area contributed by atoms with Crippen molar-refractivity contribution in [1.29, 1.82) is 0 Å². The van der Waals surface area contributed by atoms with E-state index in [2.05, 4.69) is 5.16 Å². The third kappa shape index (κ3) is 3.66. The summed E-state index contributed by atoms with van der Waals surface area (Å²) >= 11 is 5.96. The number of rotatable bonds is 3. The number of fused-ring (bicyclic) bond motifs is 1. The van der Waals surface area contributed by atoms with Gasteiger partial charge in [-0.2, -0.15) is 0 Å². The first-order valence-electron chi connectivity index (χ1n) is 8.78. The van der Waals surface area contributed by atoms with E-state index in [1.807, 2.05) is 24.3 Å². The van der Waals surface area contributed by atoms with Crippen LogP contribution in [0.15, 0.2) is 53.1 Å². The minimum atomic E-state index is -0.0629. The summed E-state index contributed by atoms with van der Waals surface area (Å²) in [5, 5.41) is 5.42. The van der Waals surface area contributed by atoms with Gasteiger partial charge in [-0.25, -0.2) is 0 Å². The topological polar surface area (TPSA) is 66.7 Å². The molecule has 1 aliphatic rings. The second-order valence-corrected chi connectivity index (χ2v) is 6.92. The number of nitrogens with zero attached hydrogens (tertiary/aromatic N) is 3. The van der Waals surface area contributed by atoms with Crippen LogP contribution in [0, 0.1) is 0 Å². The van der Waals surface area contributed by atoms with Crippen LogP contribution in [0.4, 0.5) is 0 Å². The van der Waals surface area contributed by atoms with Crippen LogP contribution in [0.25, 0.3) is 11.0 Å². The summed E-state index contributed by atoms with van der Waals surface area (Å²) < 4.78 is 5.26. The number of carbonyl (C=O) groups excluding carboxylic acids is 2. The van der Waals surface area contributed by atoms with Crippen LogP contribution in [0.1, 0.15) is 16.1 Å². The number of hydrogen-bond donors (Lipinski definition) is 0. The van der Waals surface area contributed by atoms with Gasteiger partial charge in [0, 0.05) is 42.2 Å². The lowest BCUT2D eigenvalue weighted by Crippen LogP contribution is -2.51. The molecule has 0 bridgehead atoms. The highest BCUT2D eigenvalue weighted by Crippen LogP contribution is 2.19. The van der Waals surface area contributed by atoms with E-state index in [1.54, 1.807) is 34.1 Å². The number of halogens is 1. The lowest BCUT2D eigenvalue weighted by Gasteiger charge is -2.34. The molecule has 0 aliphatic carbocycles. The van der Waals surface area contributed by atoms with Crippen LogP contribution in [0.5, 0.6) is 0 Å². The lowest BCUT2D eigenvalue weighted by molar-refractivity contribution is -0.132. The van der Waals surface area contributed by atoms with E-state index in [-0.39, 0.29) is 18.2 Å². The number of aromatic nitrogens is 1. The van der Waals surface area contributed by atoms with Crippen molar-refractivity contribution in [1.82, 2.24) is 15.0 Å². The Hall–Kier alpha value is -2.86. The van der Waals surface area contributed by atoms with E-state index < -0.39 is 0 Å². The van der Waals surface area contributed by atoms with E-state index >= 15 is 0 Å². The third-order valence-electron chi connectivity index (χ3n) is 4.76. The van der Waals surface area contributed by atoms with E-state index in [1.165, 1.54) is 0 Å². The molecule has 0 saturated carbocycles. The second-order valence-electron chi connectivity index (χ2n) is 6.49. The minimum Gasteiger partial charge on any atom is -0.356 e. The Morgan fingerprint density at radius 2 is 1.74 bits per heavy atom. The zero-order valence-corrected chi connectivity index (χ0v) is 15.4. The normalized spacial score (nSPS) is 14.6. The summed E-state index contributed by atoms with van der Waals surface area (Å²) in [5.41, 5.74) is 1.89. The van der Waals surface area contributed by atoms with Gasteiger partial charge in [0.05, 0.1) is 6.42 Å². The predicted octanol–water partition coefficient (Wildman–Crippen LogP) is 3.01. The van der Waals surface area contributed by atoms with Gasteiger partial charge in [-0.3, -0.25) is 9.59 Å². The zero-order valence-electron chi connectivity index (χ0n) is 14.6. The Kier molecular flexibility index (Phi) is 4.81. The molecule has 0 N–H and O–H groups in total. The fourth-order valence-corrected chi connectivity index (χ4v) is 3.47. The van der Waals surface area contributed by atoms with Crippen LogP contribution < -0.4 is 0 Å². The smallest absolute Gasteiger partial charge is 0.254 e. The maximum Gasteiger partial charge on any atom is 0.254 e. The molecule has 1 fully saturated rings. The fourth-order valence-electron chi connectivity index (χ4n) is 3.28. The quantitative estimate of drug-likeness (QED) is 0.697. The highest BCUT2D eigenvalue weighted by atomic mass is 35.5. The SMILES string of the molecule is O=C(Cc1noc2ccccc12)N1CCN(C(=O)c2cccc(Cl)c2)CC1. The second kappa shape index (κ2) is 7.40. The monoisotopic (exact) mass is 383 g/mol. The van der Waals surface area contributed by atoms with E-state index in [9.17, 15) is 9.59 Å². The Morgan fingerprint density at radius 3 is 2.52 bits per heavy atom.